The van der Waals surface area contributed by atoms with E-state index in [4.69, 9.17) is 9.47 Å². The minimum absolute atomic E-state index is 0.0473. The van der Waals surface area contributed by atoms with Crippen LogP contribution in [0.2, 0.25) is 0 Å². The summed E-state index contributed by atoms with van der Waals surface area (Å²) in [5, 5.41) is 2.61. The van der Waals surface area contributed by atoms with Crippen LogP contribution in [0.4, 0.5) is 10.1 Å². The Morgan fingerprint density at radius 3 is 2.57 bits per heavy atom. The van der Waals surface area contributed by atoms with Crippen molar-refractivity contribution in [1.82, 2.24) is 0 Å². The molecule has 0 unspecified atom stereocenters. The van der Waals surface area contributed by atoms with E-state index >= 15 is 0 Å². The molecule has 0 aliphatic heterocycles. The first-order valence-electron chi connectivity index (χ1n) is 6.91. The van der Waals surface area contributed by atoms with Gasteiger partial charge in [0.05, 0.1) is 12.7 Å². The molecule has 5 nitrogen and oxygen atoms in total. The van der Waals surface area contributed by atoms with Gasteiger partial charge in [-0.1, -0.05) is 12.1 Å². The Balaban J connectivity index is 1.98. The predicted molar refractivity (Wildman–Crippen MR) is 82.9 cm³/mol. The Kier molecular flexibility index (Phi) is 5.30. The van der Waals surface area contributed by atoms with Gasteiger partial charge < -0.3 is 14.8 Å². The summed E-state index contributed by atoms with van der Waals surface area (Å²) in [6, 6.07) is 11.9. The zero-order valence-electron chi connectivity index (χ0n) is 12.7. The van der Waals surface area contributed by atoms with Gasteiger partial charge in [-0.15, -0.1) is 0 Å². The standard InChI is InChI=1S/C17H16FNO4/c1-11(23-17(21)12-5-3-6-13(18)9-12)16(20)19-14-7-4-8-15(10-14)22-2/h3-11H,1-2H3,(H,19,20)/t11-/m0/s1. The number of carbonyl (C=O) groups is 2. The fraction of sp³-hybridized carbons (Fsp3) is 0.176. The maximum atomic E-state index is 13.1. The van der Waals surface area contributed by atoms with Crippen molar-refractivity contribution in [2.24, 2.45) is 0 Å². The molecule has 0 aliphatic carbocycles. The molecule has 120 valence electrons. The molecule has 2 aromatic rings. The van der Waals surface area contributed by atoms with E-state index in [2.05, 4.69) is 5.32 Å². The van der Waals surface area contributed by atoms with Crippen LogP contribution in [0.1, 0.15) is 17.3 Å². The summed E-state index contributed by atoms with van der Waals surface area (Å²) in [5.41, 5.74) is 0.564. The van der Waals surface area contributed by atoms with E-state index in [0.29, 0.717) is 11.4 Å². The molecule has 1 amide bonds. The maximum absolute atomic E-state index is 13.1. The molecule has 0 saturated carbocycles. The van der Waals surface area contributed by atoms with Crippen LogP contribution in [0.25, 0.3) is 0 Å². The van der Waals surface area contributed by atoms with Crippen molar-refractivity contribution in [2.45, 2.75) is 13.0 Å². The van der Waals surface area contributed by atoms with Crippen LogP contribution >= 0.6 is 0 Å². The van der Waals surface area contributed by atoms with Gasteiger partial charge in [-0.2, -0.15) is 0 Å². The Labute approximate surface area is 133 Å². The van der Waals surface area contributed by atoms with Gasteiger partial charge in [-0.3, -0.25) is 4.79 Å². The van der Waals surface area contributed by atoms with Crippen molar-refractivity contribution in [3.05, 3.63) is 59.9 Å². The summed E-state index contributed by atoms with van der Waals surface area (Å²) in [5.74, 6) is -1.22. The third-order valence-corrected chi connectivity index (χ3v) is 3.05. The van der Waals surface area contributed by atoms with E-state index in [-0.39, 0.29) is 5.56 Å². The largest absolute Gasteiger partial charge is 0.497 e. The molecule has 0 aromatic heterocycles. The second-order valence-electron chi connectivity index (χ2n) is 4.78. The summed E-state index contributed by atoms with van der Waals surface area (Å²) in [6.45, 7) is 1.44. The molecule has 2 rings (SSSR count). The number of carbonyl (C=O) groups excluding carboxylic acids is 2. The summed E-state index contributed by atoms with van der Waals surface area (Å²) in [6.07, 6.45) is -1.03. The number of halogens is 1. The molecule has 0 saturated heterocycles. The molecule has 0 heterocycles. The van der Waals surface area contributed by atoms with Gasteiger partial charge in [0.1, 0.15) is 11.6 Å². The number of benzene rings is 2. The average Bonchev–Trinajstić information content (AvgIpc) is 2.54. The van der Waals surface area contributed by atoms with E-state index < -0.39 is 23.8 Å². The molecule has 0 bridgehead atoms. The Morgan fingerprint density at radius 2 is 1.87 bits per heavy atom. The number of nitrogens with one attached hydrogen (secondary N) is 1. The van der Waals surface area contributed by atoms with Gasteiger partial charge in [-0.05, 0) is 37.3 Å². The third kappa shape index (κ3) is 4.54. The zero-order valence-corrected chi connectivity index (χ0v) is 12.7. The lowest BCUT2D eigenvalue weighted by atomic mass is 10.2. The van der Waals surface area contributed by atoms with Crippen LogP contribution in [-0.4, -0.2) is 25.1 Å². The van der Waals surface area contributed by atoms with Gasteiger partial charge in [0.15, 0.2) is 6.10 Å². The predicted octanol–water partition coefficient (Wildman–Crippen LogP) is 3.02. The number of hydrogen-bond acceptors (Lipinski definition) is 4. The van der Waals surface area contributed by atoms with Gasteiger partial charge in [0.25, 0.3) is 5.91 Å². The van der Waals surface area contributed by atoms with Crippen molar-refractivity contribution in [2.75, 3.05) is 12.4 Å². The average molecular weight is 317 g/mol. The topological polar surface area (TPSA) is 64.6 Å². The highest BCUT2D eigenvalue weighted by atomic mass is 19.1. The van der Waals surface area contributed by atoms with Crippen LogP contribution in [0.15, 0.2) is 48.5 Å². The van der Waals surface area contributed by atoms with Crippen molar-refractivity contribution in [1.29, 1.82) is 0 Å². The van der Waals surface area contributed by atoms with Gasteiger partial charge in [0.2, 0.25) is 0 Å². The summed E-state index contributed by atoms with van der Waals surface area (Å²) < 4.78 is 23.2. The van der Waals surface area contributed by atoms with E-state index in [1.54, 1.807) is 24.3 Å². The third-order valence-electron chi connectivity index (χ3n) is 3.05. The quantitative estimate of drug-likeness (QED) is 0.861. The molecule has 0 fully saturated rings. The second kappa shape index (κ2) is 7.40. The minimum Gasteiger partial charge on any atom is -0.497 e. The summed E-state index contributed by atoms with van der Waals surface area (Å²) in [4.78, 5) is 23.9. The SMILES string of the molecule is COc1cccc(NC(=O)[C@H](C)OC(=O)c2cccc(F)c2)c1. The van der Waals surface area contributed by atoms with Crippen LogP contribution in [0, 0.1) is 5.82 Å². The molecule has 2 aromatic carbocycles. The number of esters is 1. The number of ether oxygens (including phenoxy) is 2. The van der Waals surface area contributed by atoms with E-state index in [1.165, 1.54) is 32.2 Å². The maximum Gasteiger partial charge on any atom is 0.339 e. The van der Waals surface area contributed by atoms with Crippen molar-refractivity contribution in [3.8, 4) is 5.75 Å². The molecular formula is C17H16FNO4. The van der Waals surface area contributed by atoms with Crippen molar-refractivity contribution in [3.63, 3.8) is 0 Å². The van der Waals surface area contributed by atoms with E-state index in [1.807, 2.05) is 0 Å². The lowest BCUT2D eigenvalue weighted by Crippen LogP contribution is -2.30. The minimum atomic E-state index is -1.03. The fourth-order valence-corrected chi connectivity index (χ4v) is 1.84. The van der Waals surface area contributed by atoms with Gasteiger partial charge in [0, 0.05) is 11.8 Å². The number of rotatable bonds is 5. The van der Waals surface area contributed by atoms with Crippen LogP contribution in [0.3, 0.4) is 0 Å². The number of anilines is 1. The Bertz CT molecular complexity index is 717. The highest BCUT2D eigenvalue weighted by molar-refractivity contribution is 5.97. The number of methoxy groups -OCH3 is 1. The first-order chi connectivity index (χ1) is 11.0. The fourth-order valence-electron chi connectivity index (χ4n) is 1.84. The first kappa shape index (κ1) is 16.5. The highest BCUT2D eigenvalue weighted by Crippen LogP contribution is 2.17. The van der Waals surface area contributed by atoms with Gasteiger partial charge in [-0.25, -0.2) is 9.18 Å². The molecule has 23 heavy (non-hydrogen) atoms. The number of hydrogen-bond donors (Lipinski definition) is 1. The van der Waals surface area contributed by atoms with Gasteiger partial charge >= 0.3 is 5.97 Å². The Morgan fingerprint density at radius 1 is 1.13 bits per heavy atom. The first-order valence-corrected chi connectivity index (χ1v) is 6.91. The molecule has 1 atom stereocenters. The molecule has 0 aliphatic rings. The zero-order chi connectivity index (χ0) is 16.8. The van der Waals surface area contributed by atoms with E-state index in [9.17, 15) is 14.0 Å². The molecule has 1 N–H and O–H groups in total. The smallest absolute Gasteiger partial charge is 0.339 e. The molecular weight excluding hydrogens is 301 g/mol. The van der Waals surface area contributed by atoms with E-state index in [0.717, 1.165) is 6.07 Å². The Hall–Kier alpha value is -2.89. The van der Waals surface area contributed by atoms with Crippen molar-refractivity contribution < 1.29 is 23.5 Å². The van der Waals surface area contributed by atoms with Crippen molar-refractivity contribution >= 4 is 17.6 Å². The van der Waals surface area contributed by atoms with Crippen LogP contribution in [0.5, 0.6) is 5.75 Å². The highest BCUT2D eigenvalue weighted by Gasteiger charge is 2.19. The molecule has 0 radical (unpaired) electrons. The molecule has 0 spiro atoms. The normalized spacial score (nSPS) is 11.4. The summed E-state index contributed by atoms with van der Waals surface area (Å²) >= 11 is 0. The number of amides is 1. The second-order valence-corrected chi connectivity index (χ2v) is 4.78. The van der Waals surface area contributed by atoms with Crippen LogP contribution < -0.4 is 10.1 Å². The molecule has 6 heteroatoms. The lowest BCUT2D eigenvalue weighted by Gasteiger charge is -2.14. The lowest BCUT2D eigenvalue weighted by molar-refractivity contribution is -0.123. The van der Waals surface area contributed by atoms with Crippen LogP contribution in [-0.2, 0) is 9.53 Å². The monoisotopic (exact) mass is 317 g/mol. The summed E-state index contributed by atoms with van der Waals surface area (Å²) in [7, 11) is 1.52.